The molecular formula is C20H23N7O2S2. The molecule has 1 aromatic carbocycles. The molecule has 4 rings (SSSR count). The fraction of sp³-hybridized carbons (Fsp3) is 0.250. The number of aromatic nitrogens is 4. The van der Waals surface area contributed by atoms with Gasteiger partial charge in [-0.25, -0.2) is 23.1 Å². The molecule has 0 amide bonds. The van der Waals surface area contributed by atoms with E-state index in [1.165, 1.54) is 0 Å². The second kappa shape index (κ2) is 9.10. The number of nitrogens with one attached hydrogen (secondary N) is 4. The van der Waals surface area contributed by atoms with Crippen LogP contribution in [0.5, 0.6) is 0 Å². The number of rotatable bonds is 9. The van der Waals surface area contributed by atoms with Gasteiger partial charge in [-0.05, 0) is 42.3 Å². The molecule has 0 fully saturated rings. The Morgan fingerprint density at radius 2 is 2.03 bits per heavy atom. The highest BCUT2D eigenvalue weighted by molar-refractivity contribution is 7.88. The van der Waals surface area contributed by atoms with Crippen LogP contribution in [0.3, 0.4) is 0 Å². The van der Waals surface area contributed by atoms with Gasteiger partial charge < -0.3 is 10.6 Å². The Bertz CT molecular complexity index is 1300. The van der Waals surface area contributed by atoms with Gasteiger partial charge in [0.1, 0.15) is 5.82 Å². The van der Waals surface area contributed by atoms with Gasteiger partial charge in [0, 0.05) is 37.1 Å². The molecule has 0 spiro atoms. The van der Waals surface area contributed by atoms with Crippen molar-refractivity contribution in [1.29, 1.82) is 0 Å². The minimum atomic E-state index is -3.16. The molecule has 162 valence electrons. The molecule has 0 saturated heterocycles. The number of anilines is 2. The first-order valence-corrected chi connectivity index (χ1v) is 12.4. The second-order valence-corrected chi connectivity index (χ2v) is 9.99. The molecule has 31 heavy (non-hydrogen) atoms. The fourth-order valence-electron chi connectivity index (χ4n) is 3.11. The lowest BCUT2D eigenvalue weighted by Gasteiger charge is -2.07. The third kappa shape index (κ3) is 5.64. The molecule has 9 nitrogen and oxygen atoms in total. The van der Waals surface area contributed by atoms with Gasteiger partial charge in [-0.2, -0.15) is 5.10 Å². The summed E-state index contributed by atoms with van der Waals surface area (Å²) in [6.07, 6.45) is 4.72. The van der Waals surface area contributed by atoms with E-state index in [1.807, 2.05) is 37.4 Å². The van der Waals surface area contributed by atoms with Gasteiger partial charge in [-0.15, -0.1) is 0 Å². The number of hydrogen-bond donors (Lipinski definition) is 4. The maximum Gasteiger partial charge on any atom is 0.208 e. The fourth-order valence-corrected chi connectivity index (χ4v) is 4.49. The van der Waals surface area contributed by atoms with E-state index in [0.29, 0.717) is 25.5 Å². The summed E-state index contributed by atoms with van der Waals surface area (Å²) in [6.45, 7) is 3.49. The van der Waals surface area contributed by atoms with Gasteiger partial charge in [0.25, 0.3) is 0 Å². The Morgan fingerprint density at radius 3 is 2.81 bits per heavy atom. The average molecular weight is 458 g/mol. The maximum atomic E-state index is 11.1. The van der Waals surface area contributed by atoms with Crippen LogP contribution in [0, 0.1) is 6.92 Å². The Balaban J connectivity index is 1.41. The maximum absolute atomic E-state index is 11.1. The van der Waals surface area contributed by atoms with Crippen LogP contribution in [0.15, 0.2) is 42.7 Å². The van der Waals surface area contributed by atoms with Crippen LogP contribution in [-0.4, -0.2) is 47.9 Å². The van der Waals surface area contributed by atoms with E-state index in [0.717, 1.165) is 44.0 Å². The van der Waals surface area contributed by atoms with Crippen LogP contribution in [-0.2, 0) is 16.6 Å². The number of benzene rings is 1. The molecule has 3 aromatic heterocycles. The lowest BCUT2D eigenvalue weighted by atomic mass is 10.1. The summed E-state index contributed by atoms with van der Waals surface area (Å²) in [6, 6.07) is 10.0. The van der Waals surface area contributed by atoms with Crippen molar-refractivity contribution in [2.45, 2.75) is 13.5 Å². The monoisotopic (exact) mass is 457 g/mol. The van der Waals surface area contributed by atoms with Crippen molar-refractivity contribution in [3.05, 3.63) is 54.0 Å². The lowest BCUT2D eigenvalue weighted by molar-refractivity contribution is 0.582. The van der Waals surface area contributed by atoms with Crippen molar-refractivity contribution < 1.29 is 8.42 Å². The number of nitrogens with zero attached hydrogens (tertiary/aromatic N) is 3. The van der Waals surface area contributed by atoms with Crippen LogP contribution < -0.4 is 15.4 Å². The molecular weight excluding hydrogens is 434 g/mol. The number of hydrogen-bond acceptors (Lipinski definition) is 8. The zero-order chi connectivity index (χ0) is 21.8. The molecule has 0 aliphatic carbocycles. The predicted molar refractivity (Wildman–Crippen MR) is 124 cm³/mol. The molecule has 11 heteroatoms. The van der Waals surface area contributed by atoms with Gasteiger partial charge in [0.15, 0.2) is 5.13 Å². The minimum Gasteiger partial charge on any atom is -0.316 e. The zero-order valence-electron chi connectivity index (χ0n) is 17.1. The molecule has 4 aromatic rings. The molecule has 3 heterocycles. The predicted octanol–water partition coefficient (Wildman–Crippen LogP) is 2.77. The third-order valence-corrected chi connectivity index (χ3v) is 6.25. The normalized spacial score (nSPS) is 11.8. The molecule has 0 aliphatic rings. The summed E-state index contributed by atoms with van der Waals surface area (Å²) in [4.78, 5) is 9.03. The van der Waals surface area contributed by atoms with Crippen molar-refractivity contribution in [2.24, 2.45) is 0 Å². The quantitative estimate of drug-likeness (QED) is 0.285. The molecule has 0 atom stereocenters. The third-order valence-electron chi connectivity index (χ3n) is 4.58. The van der Waals surface area contributed by atoms with Gasteiger partial charge in [0.2, 0.25) is 10.0 Å². The van der Waals surface area contributed by atoms with E-state index in [2.05, 4.69) is 41.6 Å². The summed E-state index contributed by atoms with van der Waals surface area (Å²) in [5, 5.41) is 14.3. The number of aromatic amines is 1. The number of H-pyrrole nitrogens is 1. The van der Waals surface area contributed by atoms with E-state index in [-0.39, 0.29) is 0 Å². The van der Waals surface area contributed by atoms with Crippen molar-refractivity contribution in [1.82, 2.24) is 30.2 Å². The standard InChI is InChI=1S/C20H23N7O2S2/c1-13-16(12-23-27-13)15-3-4-17-18(10-15)30-20(25-17)26-19-9-14(5-6-22-19)11-21-7-8-24-31(2,28)29/h3-6,9-10,12,21,24H,7-8,11H2,1-2H3,(H,23,27)(H,22,25,26). The number of fused-ring (bicyclic) bond motifs is 1. The Kier molecular flexibility index (Phi) is 6.28. The van der Waals surface area contributed by atoms with Crippen molar-refractivity contribution >= 4 is 42.5 Å². The van der Waals surface area contributed by atoms with Crippen LogP contribution in [0.25, 0.3) is 21.3 Å². The lowest BCUT2D eigenvalue weighted by Crippen LogP contribution is -2.30. The smallest absolute Gasteiger partial charge is 0.208 e. The number of pyridine rings is 1. The molecule has 0 aliphatic heterocycles. The molecule has 0 unspecified atom stereocenters. The topological polar surface area (TPSA) is 125 Å². The summed E-state index contributed by atoms with van der Waals surface area (Å²) >= 11 is 1.57. The van der Waals surface area contributed by atoms with E-state index >= 15 is 0 Å². The van der Waals surface area contributed by atoms with E-state index < -0.39 is 10.0 Å². The molecule has 4 N–H and O–H groups in total. The number of sulfonamides is 1. The molecule has 0 radical (unpaired) electrons. The van der Waals surface area contributed by atoms with Gasteiger partial charge in [0.05, 0.1) is 22.7 Å². The SMILES string of the molecule is Cc1[nH]ncc1-c1ccc2nc(Nc3cc(CNCCNS(C)(=O)=O)ccn3)sc2c1. The van der Waals surface area contributed by atoms with Crippen molar-refractivity contribution in [3.63, 3.8) is 0 Å². The zero-order valence-corrected chi connectivity index (χ0v) is 18.8. The minimum absolute atomic E-state index is 0.348. The van der Waals surface area contributed by atoms with Crippen LogP contribution in [0.2, 0.25) is 0 Å². The van der Waals surface area contributed by atoms with Crippen molar-refractivity contribution in [2.75, 3.05) is 24.7 Å². The Morgan fingerprint density at radius 1 is 1.16 bits per heavy atom. The van der Waals surface area contributed by atoms with E-state index in [1.54, 1.807) is 17.5 Å². The van der Waals surface area contributed by atoms with Gasteiger partial charge >= 0.3 is 0 Å². The van der Waals surface area contributed by atoms with Crippen molar-refractivity contribution in [3.8, 4) is 11.1 Å². The summed E-state index contributed by atoms with van der Waals surface area (Å²) in [5.41, 5.74) is 5.18. The Hall–Kier alpha value is -2.86. The first-order chi connectivity index (χ1) is 14.9. The summed E-state index contributed by atoms with van der Waals surface area (Å²) in [5.74, 6) is 0.707. The molecule has 0 saturated carbocycles. The first-order valence-electron chi connectivity index (χ1n) is 9.66. The van der Waals surface area contributed by atoms with Crippen LogP contribution >= 0.6 is 11.3 Å². The second-order valence-electron chi connectivity index (χ2n) is 7.13. The van der Waals surface area contributed by atoms with E-state index in [4.69, 9.17) is 0 Å². The molecule has 0 bridgehead atoms. The number of aryl methyl sites for hydroxylation is 1. The van der Waals surface area contributed by atoms with Crippen LogP contribution in [0.4, 0.5) is 10.9 Å². The highest BCUT2D eigenvalue weighted by Crippen LogP contribution is 2.32. The largest absolute Gasteiger partial charge is 0.316 e. The summed E-state index contributed by atoms with van der Waals surface area (Å²) in [7, 11) is -3.16. The first kappa shape index (κ1) is 21.4. The van der Waals surface area contributed by atoms with Gasteiger partial charge in [-0.1, -0.05) is 17.4 Å². The Labute approximate surface area is 184 Å². The van der Waals surface area contributed by atoms with E-state index in [9.17, 15) is 8.42 Å². The number of thiazole rings is 1. The summed E-state index contributed by atoms with van der Waals surface area (Å²) < 4.78 is 25.7. The average Bonchev–Trinajstić information content (AvgIpc) is 3.31. The van der Waals surface area contributed by atoms with Crippen LogP contribution in [0.1, 0.15) is 11.3 Å². The highest BCUT2D eigenvalue weighted by atomic mass is 32.2. The highest BCUT2D eigenvalue weighted by Gasteiger charge is 2.09. The van der Waals surface area contributed by atoms with Gasteiger partial charge in [-0.3, -0.25) is 5.10 Å².